The Morgan fingerprint density at radius 1 is 1.10 bits per heavy atom. The van der Waals surface area contributed by atoms with E-state index in [0.717, 1.165) is 36.1 Å². The largest absolute Gasteiger partial charge is 0.338 e. The smallest absolute Gasteiger partial charge is 0.319 e. The molecule has 1 aromatic rings. The first kappa shape index (κ1) is 16.3. The monoisotopic (exact) mass is 353 g/mol. The lowest BCUT2D eigenvalue weighted by Gasteiger charge is -2.26. The SMILES string of the molecule is O=C(NCCCCN1CCCCC1)Nc1ccc(Br)cc1. The number of likely N-dealkylation sites (tertiary alicyclic amines) is 1. The molecule has 116 valence electrons. The Morgan fingerprint density at radius 3 is 2.52 bits per heavy atom. The van der Waals surface area contributed by atoms with E-state index in [9.17, 15) is 4.79 Å². The molecule has 1 aliphatic rings. The minimum Gasteiger partial charge on any atom is -0.338 e. The Morgan fingerprint density at radius 2 is 1.81 bits per heavy atom. The molecule has 0 aromatic heterocycles. The van der Waals surface area contributed by atoms with Crippen LogP contribution >= 0.6 is 15.9 Å². The fourth-order valence-corrected chi connectivity index (χ4v) is 2.82. The Kier molecular flexibility index (Phi) is 7.03. The minimum absolute atomic E-state index is 0.129. The van der Waals surface area contributed by atoms with Crippen LogP contribution in [0.5, 0.6) is 0 Å². The number of nitrogens with zero attached hydrogens (tertiary/aromatic N) is 1. The fraction of sp³-hybridized carbons (Fsp3) is 0.562. The van der Waals surface area contributed by atoms with Crippen molar-refractivity contribution < 1.29 is 4.79 Å². The second kappa shape index (κ2) is 9.05. The van der Waals surface area contributed by atoms with Gasteiger partial charge in [-0.05, 0) is 69.6 Å². The molecule has 2 N–H and O–H groups in total. The predicted molar refractivity (Wildman–Crippen MR) is 90.7 cm³/mol. The van der Waals surface area contributed by atoms with Crippen molar-refractivity contribution in [3.8, 4) is 0 Å². The van der Waals surface area contributed by atoms with Gasteiger partial charge in [-0.15, -0.1) is 0 Å². The van der Waals surface area contributed by atoms with E-state index < -0.39 is 0 Å². The quantitative estimate of drug-likeness (QED) is 0.763. The van der Waals surface area contributed by atoms with E-state index in [2.05, 4.69) is 31.5 Å². The third kappa shape index (κ3) is 6.48. The summed E-state index contributed by atoms with van der Waals surface area (Å²) in [5, 5.41) is 5.73. The van der Waals surface area contributed by atoms with Gasteiger partial charge in [0.1, 0.15) is 0 Å². The molecule has 2 rings (SSSR count). The van der Waals surface area contributed by atoms with Crippen LogP contribution in [0.2, 0.25) is 0 Å². The summed E-state index contributed by atoms with van der Waals surface area (Å²) >= 11 is 3.37. The van der Waals surface area contributed by atoms with Crippen LogP contribution in [0, 0.1) is 0 Å². The number of rotatable bonds is 6. The molecule has 0 spiro atoms. The number of benzene rings is 1. The van der Waals surface area contributed by atoms with E-state index in [1.807, 2.05) is 24.3 Å². The molecule has 0 radical (unpaired) electrons. The van der Waals surface area contributed by atoms with E-state index in [4.69, 9.17) is 0 Å². The van der Waals surface area contributed by atoms with Crippen molar-refractivity contribution in [2.45, 2.75) is 32.1 Å². The van der Waals surface area contributed by atoms with Gasteiger partial charge in [0.2, 0.25) is 0 Å². The minimum atomic E-state index is -0.129. The maximum atomic E-state index is 11.7. The summed E-state index contributed by atoms with van der Waals surface area (Å²) in [6, 6.07) is 7.44. The zero-order valence-corrected chi connectivity index (χ0v) is 14.0. The summed E-state index contributed by atoms with van der Waals surface area (Å²) in [6.07, 6.45) is 6.25. The lowest BCUT2D eigenvalue weighted by Crippen LogP contribution is -2.32. The number of hydrogen-bond acceptors (Lipinski definition) is 2. The molecule has 0 saturated carbocycles. The number of urea groups is 1. The molecule has 1 fully saturated rings. The number of carbonyl (C=O) groups excluding carboxylic acids is 1. The topological polar surface area (TPSA) is 44.4 Å². The lowest BCUT2D eigenvalue weighted by atomic mass is 10.1. The number of amides is 2. The van der Waals surface area contributed by atoms with Gasteiger partial charge in [0, 0.05) is 16.7 Å². The second-order valence-corrected chi connectivity index (χ2v) is 6.41. The molecule has 4 nitrogen and oxygen atoms in total. The Balaban J connectivity index is 1.53. The third-order valence-electron chi connectivity index (χ3n) is 3.74. The number of carbonyl (C=O) groups is 1. The van der Waals surface area contributed by atoms with Gasteiger partial charge in [0.15, 0.2) is 0 Å². The van der Waals surface area contributed by atoms with E-state index in [1.165, 1.54) is 32.4 Å². The van der Waals surface area contributed by atoms with Crippen molar-refractivity contribution in [2.75, 3.05) is 31.5 Å². The van der Waals surface area contributed by atoms with Gasteiger partial charge in [0.05, 0.1) is 0 Å². The van der Waals surface area contributed by atoms with Crippen LogP contribution in [0.3, 0.4) is 0 Å². The molecule has 0 atom stereocenters. The van der Waals surface area contributed by atoms with E-state index >= 15 is 0 Å². The van der Waals surface area contributed by atoms with Crippen molar-refractivity contribution in [1.82, 2.24) is 10.2 Å². The molecule has 21 heavy (non-hydrogen) atoms. The standard InChI is InChI=1S/C16H24BrN3O/c17-14-6-8-15(9-7-14)19-16(21)18-10-2-5-13-20-11-3-1-4-12-20/h6-9H,1-5,10-13H2,(H2,18,19,21). The summed E-state index contributed by atoms with van der Waals surface area (Å²) < 4.78 is 1.01. The molecule has 1 saturated heterocycles. The molecule has 1 aliphatic heterocycles. The Hall–Kier alpha value is -1.07. The van der Waals surface area contributed by atoms with Crippen molar-refractivity contribution in [3.63, 3.8) is 0 Å². The molecule has 0 bridgehead atoms. The zero-order valence-electron chi connectivity index (χ0n) is 12.4. The first-order chi connectivity index (χ1) is 10.2. The van der Waals surface area contributed by atoms with Crippen LogP contribution in [0.4, 0.5) is 10.5 Å². The van der Waals surface area contributed by atoms with Crippen molar-refractivity contribution >= 4 is 27.6 Å². The van der Waals surface area contributed by atoms with Gasteiger partial charge in [-0.25, -0.2) is 4.79 Å². The Bertz CT molecular complexity index is 430. The summed E-state index contributed by atoms with van der Waals surface area (Å²) in [4.78, 5) is 14.3. The summed E-state index contributed by atoms with van der Waals surface area (Å²) in [7, 11) is 0. The first-order valence-electron chi connectivity index (χ1n) is 7.77. The number of piperidine rings is 1. The second-order valence-electron chi connectivity index (χ2n) is 5.50. The summed E-state index contributed by atoms with van der Waals surface area (Å²) in [6.45, 7) is 4.39. The van der Waals surface area contributed by atoms with Gasteiger partial charge in [0.25, 0.3) is 0 Å². The van der Waals surface area contributed by atoms with Gasteiger partial charge in [-0.2, -0.15) is 0 Å². The van der Waals surface area contributed by atoms with Gasteiger partial charge >= 0.3 is 6.03 Å². The maximum Gasteiger partial charge on any atom is 0.319 e. The van der Waals surface area contributed by atoms with Crippen LogP contribution in [-0.4, -0.2) is 37.1 Å². The first-order valence-corrected chi connectivity index (χ1v) is 8.56. The van der Waals surface area contributed by atoms with E-state index in [1.54, 1.807) is 0 Å². The number of nitrogens with one attached hydrogen (secondary N) is 2. The predicted octanol–water partition coefficient (Wildman–Crippen LogP) is 3.84. The normalized spacial score (nSPS) is 15.7. The van der Waals surface area contributed by atoms with Crippen LogP contribution in [-0.2, 0) is 0 Å². The molecule has 1 heterocycles. The van der Waals surface area contributed by atoms with Crippen molar-refractivity contribution in [1.29, 1.82) is 0 Å². The lowest BCUT2D eigenvalue weighted by molar-refractivity contribution is 0.224. The van der Waals surface area contributed by atoms with E-state index in [0.29, 0.717) is 0 Å². The maximum absolute atomic E-state index is 11.7. The van der Waals surface area contributed by atoms with Crippen LogP contribution < -0.4 is 10.6 Å². The van der Waals surface area contributed by atoms with Crippen LogP contribution in [0.15, 0.2) is 28.7 Å². The van der Waals surface area contributed by atoms with Crippen LogP contribution in [0.25, 0.3) is 0 Å². The highest BCUT2D eigenvalue weighted by molar-refractivity contribution is 9.10. The van der Waals surface area contributed by atoms with Gasteiger partial charge < -0.3 is 15.5 Å². The van der Waals surface area contributed by atoms with Crippen LogP contribution in [0.1, 0.15) is 32.1 Å². The summed E-state index contributed by atoms with van der Waals surface area (Å²) in [5.74, 6) is 0. The highest BCUT2D eigenvalue weighted by Crippen LogP contribution is 2.13. The fourth-order valence-electron chi connectivity index (χ4n) is 2.55. The molecule has 2 amide bonds. The number of anilines is 1. The van der Waals surface area contributed by atoms with Crippen molar-refractivity contribution in [2.24, 2.45) is 0 Å². The highest BCUT2D eigenvalue weighted by Gasteiger charge is 2.08. The van der Waals surface area contributed by atoms with Gasteiger partial charge in [-0.3, -0.25) is 0 Å². The highest BCUT2D eigenvalue weighted by atomic mass is 79.9. The number of hydrogen-bond donors (Lipinski definition) is 2. The average molecular weight is 354 g/mol. The Labute approximate surface area is 135 Å². The third-order valence-corrected chi connectivity index (χ3v) is 4.27. The molecule has 5 heteroatoms. The molecule has 1 aromatic carbocycles. The number of halogens is 1. The van der Waals surface area contributed by atoms with E-state index in [-0.39, 0.29) is 6.03 Å². The average Bonchev–Trinajstić information content (AvgIpc) is 2.50. The summed E-state index contributed by atoms with van der Waals surface area (Å²) in [5.41, 5.74) is 0.809. The number of unbranched alkanes of at least 4 members (excludes halogenated alkanes) is 1. The zero-order chi connectivity index (χ0) is 14.9. The molecule has 0 unspecified atom stereocenters. The molecular formula is C16H24BrN3O. The van der Waals surface area contributed by atoms with Gasteiger partial charge in [-0.1, -0.05) is 22.4 Å². The molecule has 0 aliphatic carbocycles. The molecular weight excluding hydrogens is 330 g/mol. The van der Waals surface area contributed by atoms with Crippen molar-refractivity contribution in [3.05, 3.63) is 28.7 Å².